The van der Waals surface area contributed by atoms with E-state index in [1.54, 1.807) is 32.2 Å². The normalized spacial score (nSPS) is 20.8. The maximum Gasteiger partial charge on any atom is 0.245 e. The zero-order valence-electron chi connectivity index (χ0n) is 13.6. The molecule has 0 aromatic heterocycles. The summed E-state index contributed by atoms with van der Waals surface area (Å²) in [6.07, 6.45) is 1.45. The van der Waals surface area contributed by atoms with Crippen molar-refractivity contribution in [1.29, 1.82) is 0 Å². The van der Waals surface area contributed by atoms with Crippen LogP contribution in [0.15, 0.2) is 24.3 Å². The maximum absolute atomic E-state index is 13.9. The van der Waals surface area contributed by atoms with Crippen LogP contribution in [0.1, 0.15) is 31.7 Å². The molecule has 0 radical (unpaired) electrons. The Bertz CT molecular complexity index is 579. The Kier molecular flexibility index (Phi) is 5.71. The Morgan fingerprint density at radius 3 is 2.87 bits per heavy atom. The Balaban J connectivity index is 2.08. The van der Waals surface area contributed by atoms with Gasteiger partial charge in [-0.05, 0) is 25.8 Å². The van der Waals surface area contributed by atoms with Crippen molar-refractivity contribution in [3.05, 3.63) is 35.6 Å². The molecule has 1 atom stereocenters. The smallest absolute Gasteiger partial charge is 0.245 e. The van der Waals surface area contributed by atoms with Gasteiger partial charge in [-0.3, -0.25) is 9.59 Å². The van der Waals surface area contributed by atoms with E-state index in [2.05, 4.69) is 5.32 Å². The summed E-state index contributed by atoms with van der Waals surface area (Å²) in [5.41, 5.74) is -0.520. The van der Waals surface area contributed by atoms with Gasteiger partial charge in [-0.2, -0.15) is 0 Å². The van der Waals surface area contributed by atoms with Crippen LogP contribution in [0.25, 0.3) is 0 Å². The van der Waals surface area contributed by atoms with Crippen LogP contribution in [0.4, 0.5) is 4.39 Å². The summed E-state index contributed by atoms with van der Waals surface area (Å²) in [5.74, 6) is -0.686. The van der Waals surface area contributed by atoms with Crippen LogP contribution in [0.3, 0.4) is 0 Å². The Morgan fingerprint density at radius 2 is 2.17 bits per heavy atom. The van der Waals surface area contributed by atoms with Crippen LogP contribution in [-0.2, 0) is 20.9 Å². The molecule has 0 spiro atoms. The first-order valence-corrected chi connectivity index (χ1v) is 7.80. The second-order valence-corrected chi connectivity index (χ2v) is 5.95. The average molecular weight is 322 g/mol. The Hall–Kier alpha value is -1.95. The zero-order valence-corrected chi connectivity index (χ0v) is 13.6. The molecule has 1 aromatic carbocycles. The highest BCUT2D eigenvalue weighted by Crippen LogP contribution is 2.32. The van der Waals surface area contributed by atoms with Gasteiger partial charge >= 0.3 is 0 Å². The van der Waals surface area contributed by atoms with E-state index in [4.69, 9.17) is 4.74 Å². The van der Waals surface area contributed by atoms with Gasteiger partial charge in [0.15, 0.2) is 0 Å². The van der Waals surface area contributed by atoms with E-state index >= 15 is 0 Å². The number of nitrogens with zero attached hydrogens (tertiary/aromatic N) is 1. The van der Waals surface area contributed by atoms with E-state index in [1.807, 2.05) is 0 Å². The molecule has 23 heavy (non-hydrogen) atoms. The monoisotopic (exact) mass is 322 g/mol. The van der Waals surface area contributed by atoms with Crippen LogP contribution in [0.2, 0.25) is 0 Å². The van der Waals surface area contributed by atoms with E-state index in [1.165, 1.54) is 11.0 Å². The van der Waals surface area contributed by atoms with E-state index < -0.39 is 5.54 Å². The lowest BCUT2D eigenvalue weighted by Crippen LogP contribution is -2.54. The lowest BCUT2D eigenvalue weighted by molar-refractivity contribution is -0.141. The lowest BCUT2D eigenvalue weighted by atomic mass is 9.97. The highest BCUT2D eigenvalue weighted by atomic mass is 19.1. The number of benzene rings is 1. The predicted octanol–water partition coefficient (Wildman–Crippen LogP) is 1.86. The number of hydrogen-bond acceptors (Lipinski definition) is 3. The van der Waals surface area contributed by atoms with Crippen LogP contribution in [0, 0.1) is 5.82 Å². The summed E-state index contributed by atoms with van der Waals surface area (Å²) in [5, 5.41) is 2.84. The van der Waals surface area contributed by atoms with Gasteiger partial charge in [0, 0.05) is 38.8 Å². The third kappa shape index (κ3) is 3.88. The molecule has 1 aliphatic heterocycles. The largest absolute Gasteiger partial charge is 0.385 e. The van der Waals surface area contributed by atoms with Gasteiger partial charge in [-0.15, -0.1) is 0 Å². The minimum absolute atomic E-state index is 0.105. The molecule has 5 nitrogen and oxygen atoms in total. The second-order valence-electron chi connectivity index (χ2n) is 5.95. The molecule has 2 rings (SSSR count). The molecule has 1 fully saturated rings. The zero-order chi connectivity index (χ0) is 16.9. The van der Waals surface area contributed by atoms with Crippen molar-refractivity contribution in [1.82, 2.24) is 10.2 Å². The fraction of sp³-hybridized carbons (Fsp3) is 0.529. The maximum atomic E-state index is 13.9. The molecule has 0 bridgehead atoms. The third-order valence-electron chi connectivity index (χ3n) is 4.31. The van der Waals surface area contributed by atoms with Crippen LogP contribution >= 0.6 is 0 Å². The van der Waals surface area contributed by atoms with Crippen LogP contribution in [0.5, 0.6) is 0 Å². The van der Waals surface area contributed by atoms with Crippen molar-refractivity contribution in [2.24, 2.45) is 0 Å². The highest BCUT2D eigenvalue weighted by molar-refractivity contribution is 5.94. The van der Waals surface area contributed by atoms with Crippen molar-refractivity contribution in [3.63, 3.8) is 0 Å². The number of halogens is 1. The SMILES string of the molecule is COCCCNC(=O)[C@]1(C)CCC(=O)N1Cc1ccccc1F. The summed E-state index contributed by atoms with van der Waals surface area (Å²) < 4.78 is 18.8. The first-order valence-electron chi connectivity index (χ1n) is 7.80. The second kappa shape index (κ2) is 7.55. The van der Waals surface area contributed by atoms with Gasteiger partial charge in [0.05, 0.1) is 0 Å². The molecule has 0 aliphatic carbocycles. The summed E-state index contributed by atoms with van der Waals surface area (Å²) in [6.45, 7) is 2.90. The number of carbonyl (C=O) groups excluding carboxylic acids is 2. The number of carbonyl (C=O) groups is 2. The van der Waals surface area contributed by atoms with Gasteiger partial charge < -0.3 is 15.0 Å². The van der Waals surface area contributed by atoms with Gasteiger partial charge in [0.25, 0.3) is 0 Å². The fourth-order valence-corrected chi connectivity index (χ4v) is 2.80. The third-order valence-corrected chi connectivity index (χ3v) is 4.31. The quantitative estimate of drug-likeness (QED) is 0.780. The van der Waals surface area contributed by atoms with Crippen LogP contribution < -0.4 is 5.32 Å². The average Bonchev–Trinajstić information content (AvgIpc) is 2.83. The number of amides is 2. The van der Waals surface area contributed by atoms with E-state index in [0.717, 1.165) is 0 Å². The summed E-state index contributed by atoms with van der Waals surface area (Å²) in [7, 11) is 1.61. The predicted molar refractivity (Wildman–Crippen MR) is 84.1 cm³/mol. The molecule has 1 N–H and O–H groups in total. The first-order chi connectivity index (χ1) is 11.0. The number of nitrogens with one attached hydrogen (secondary N) is 1. The van der Waals surface area contributed by atoms with Crippen molar-refractivity contribution in [2.75, 3.05) is 20.3 Å². The van der Waals surface area contributed by atoms with Crippen molar-refractivity contribution in [2.45, 2.75) is 38.3 Å². The molecule has 1 saturated heterocycles. The van der Waals surface area contributed by atoms with Gasteiger partial charge in [-0.1, -0.05) is 18.2 Å². The van der Waals surface area contributed by atoms with Crippen molar-refractivity contribution >= 4 is 11.8 Å². The summed E-state index contributed by atoms with van der Waals surface area (Å²) in [4.78, 5) is 26.2. The lowest BCUT2D eigenvalue weighted by Gasteiger charge is -2.34. The van der Waals surface area contributed by atoms with Gasteiger partial charge in [0.2, 0.25) is 11.8 Å². The number of likely N-dealkylation sites (tertiary alicyclic amines) is 1. The van der Waals surface area contributed by atoms with Crippen molar-refractivity contribution in [3.8, 4) is 0 Å². The molecule has 2 amide bonds. The highest BCUT2D eigenvalue weighted by Gasteiger charge is 2.47. The standard InChI is InChI=1S/C17H23FN2O3/c1-17(16(22)19-10-5-11-23-2)9-8-15(21)20(17)12-13-6-3-4-7-14(13)18/h3-4,6-7H,5,8-12H2,1-2H3,(H,19,22)/t17-/m0/s1. The van der Waals surface area contributed by atoms with E-state index in [0.29, 0.717) is 38.0 Å². The summed E-state index contributed by atoms with van der Waals surface area (Å²) in [6, 6.07) is 6.32. The minimum atomic E-state index is -0.938. The molecule has 1 aliphatic rings. The molecule has 1 heterocycles. The van der Waals surface area contributed by atoms with E-state index in [-0.39, 0.29) is 24.2 Å². The Labute approximate surface area is 135 Å². The van der Waals surface area contributed by atoms with Gasteiger partial charge in [0.1, 0.15) is 11.4 Å². The molecule has 0 unspecified atom stereocenters. The van der Waals surface area contributed by atoms with E-state index in [9.17, 15) is 14.0 Å². The topological polar surface area (TPSA) is 58.6 Å². The first kappa shape index (κ1) is 17.4. The molecule has 6 heteroatoms. The van der Waals surface area contributed by atoms with Crippen molar-refractivity contribution < 1.29 is 18.7 Å². The molecule has 0 saturated carbocycles. The minimum Gasteiger partial charge on any atom is -0.385 e. The molecule has 1 aromatic rings. The Morgan fingerprint density at radius 1 is 1.43 bits per heavy atom. The number of ether oxygens (including phenoxy) is 1. The van der Waals surface area contributed by atoms with Gasteiger partial charge in [-0.25, -0.2) is 4.39 Å². The summed E-state index contributed by atoms with van der Waals surface area (Å²) >= 11 is 0. The number of rotatable bonds is 7. The molecule has 126 valence electrons. The molecular formula is C17H23FN2O3. The molecular weight excluding hydrogens is 299 g/mol. The van der Waals surface area contributed by atoms with Crippen LogP contribution in [-0.4, -0.2) is 42.5 Å². The number of methoxy groups -OCH3 is 1. The fourth-order valence-electron chi connectivity index (χ4n) is 2.80. The number of hydrogen-bond donors (Lipinski definition) is 1.